The van der Waals surface area contributed by atoms with Crippen LogP contribution in [0.5, 0.6) is 0 Å². The second-order valence-corrected chi connectivity index (χ2v) is 5.06. The van der Waals surface area contributed by atoms with Gasteiger partial charge in [-0.05, 0) is 32.1 Å². The van der Waals surface area contributed by atoms with Crippen LogP contribution in [0.25, 0.3) is 0 Å². The highest BCUT2D eigenvalue weighted by molar-refractivity contribution is 6.33. The number of rotatable bonds is 1. The van der Waals surface area contributed by atoms with Crippen LogP contribution in [0.1, 0.15) is 16.8 Å². The number of nitrogen functional groups attached to an aromatic ring is 1. The molecular formula is C13H18ClN3O. The topological polar surface area (TPSA) is 49.6 Å². The van der Waals surface area contributed by atoms with E-state index in [9.17, 15) is 4.79 Å². The van der Waals surface area contributed by atoms with Crippen LogP contribution in [0.2, 0.25) is 5.02 Å². The molecule has 1 amide bonds. The first-order chi connectivity index (χ1) is 8.59. The molecule has 98 valence electrons. The highest BCUT2D eigenvalue weighted by Gasteiger charge is 2.21. The van der Waals surface area contributed by atoms with E-state index < -0.39 is 0 Å². The van der Waals surface area contributed by atoms with Crippen molar-refractivity contribution >= 4 is 23.2 Å². The third-order valence-electron chi connectivity index (χ3n) is 3.29. The van der Waals surface area contributed by atoms with Crippen molar-refractivity contribution in [3.8, 4) is 0 Å². The molecule has 1 aliphatic rings. The molecule has 5 heteroatoms. The summed E-state index contributed by atoms with van der Waals surface area (Å²) in [5, 5.41) is 0.438. The summed E-state index contributed by atoms with van der Waals surface area (Å²) in [7, 11) is 2.07. The molecule has 0 radical (unpaired) electrons. The number of nitrogens with two attached hydrogens (primary N) is 1. The van der Waals surface area contributed by atoms with E-state index >= 15 is 0 Å². The molecule has 2 rings (SSSR count). The van der Waals surface area contributed by atoms with Crippen LogP contribution < -0.4 is 5.73 Å². The third kappa shape index (κ3) is 2.76. The average Bonchev–Trinajstić information content (AvgIpc) is 2.57. The summed E-state index contributed by atoms with van der Waals surface area (Å²) >= 11 is 5.95. The lowest BCUT2D eigenvalue weighted by atomic mass is 10.1. The normalized spacial score (nSPS) is 17.6. The monoisotopic (exact) mass is 267 g/mol. The largest absolute Gasteiger partial charge is 0.397 e. The van der Waals surface area contributed by atoms with Gasteiger partial charge in [0.1, 0.15) is 0 Å². The molecule has 1 aromatic rings. The van der Waals surface area contributed by atoms with Crippen molar-refractivity contribution < 1.29 is 4.79 Å². The average molecular weight is 268 g/mol. The predicted molar refractivity (Wildman–Crippen MR) is 73.9 cm³/mol. The summed E-state index contributed by atoms with van der Waals surface area (Å²) in [5.74, 6) is -0.0229. The fourth-order valence-electron chi connectivity index (χ4n) is 2.14. The zero-order valence-electron chi connectivity index (χ0n) is 10.5. The van der Waals surface area contributed by atoms with Gasteiger partial charge in [-0.2, -0.15) is 0 Å². The molecule has 0 bridgehead atoms. The summed E-state index contributed by atoms with van der Waals surface area (Å²) in [6, 6.07) is 5.19. The van der Waals surface area contributed by atoms with Crippen LogP contribution in [0, 0.1) is 0 Å². The molecule has 1 aromatic carbocycles. The molecule has 1 heterocycles. The van der Waals surface area contributed by atoms with Crippen LogP contribution in [0.4, 0.5) is 5.69 Å². The molecule has 1 aliphatic heterocycles. The van der Waals surface area contributed by atoms with Crippen molar-refractivity contribution in [2.24, 2.45) is 0 Å². The number of carbonyl (C=O) groups excluding carboxylic acids is 1. The smallest absolute Gasteiger partial charge is 0.256 e. The lowest BCUT2D eigenvalue weighted by Crippen LogP contribution is -2.34. The summed E-state index contributed by atoms with van der Waals surface area (Å²) in [6.07, 6.45) is 0.989. The fraction of sp³-hybridized carbons (Fsp3) is 0.462. The number of likely N-dealkylation sites (N-methyl/N-ethyl adjacent to an activating group) is 1. The summed E-state index contributed by atoms with van der Waals surface area (Å²) in [5.41, 5.74) is 6.75. The van der Waals surface area contributed by atoms with Gasteiger partial charge in [0, 0.05) is 19.6 Å². The molecule has 0 atom stereocenters. The quantitative estimate of drug-likeness (QED) is 0.788. The third-order valence-corrected chi connectivity index (χ3v) is 3.62. The van der Waals surface area contributed by atoms with E-state index in [1.165, 1.54) is 0 Å². The molecule has 0 spiro atoms. The zero-order chi connectivity index (χ0) is 13.1. The van der Waals surface area contributed by atoms with E-state index in [1.54, 1.807) is 18.2 Å². The summed E-state index contributed by atoms with van der Waals surface area (Å²) < 4.78 is 0. The van der Waals surface area contributed by atoms with Crippen molar-refractivity contribution in [2.45, 2.75) is 6.42 Å². The number of carbonyl (C=O) groups is 1. The van der Waals surface area contributed by atoms with Crippen LogP contribution >= 0.6 is 11.6 Å². The first-order valence-electron chi connectivity index (χ1n) is 6.11. The Morgan fingerprint density at radius 1 is 1.28 bits per heavy atom. The fourth-order valence-corrected chi connectivity index (χ4v) is 2.32. The summed E-state index contributed by atoms with van der Waals surface area (Å²) in [4.78, 5) is 16.5. The Morgan fingerprint density at radius 2 is 2.06 bits per heavy atom. The standard InChI is InChI=1S/C13H18ClN3O/c1-16-6-3-7-17(9-8-16)13(18)10-4-2-5-11(14)12(10)15/h2,4-5H,3,6-9,15H2,1H3. The van der Waals surface area contributed by atoms with Crippen LogP contribution in [-0.2, 0) is 0 Å². The minimum atomic E-state index is -0.0229. The van der Waals surface area contributed by atoms with Crippen LogP contribution in [0.15, 0.2) is 18.2 Å². The Labute approximate surface area is 112 Å². The van der Waals surface area contributed by atoms with Gasteiger partial charge < -0.3 is 15.5 Å². The van der Waals surface area contributed by atoms with Gasteiger partial charge in [-0.15, -0.1) is 0 Å². The highest BCUT2D eigenvalue weighted by atomic mass is 35.5. The Balaban J connectivity index is 2.18. The van der Waals surface area contributed by atoms with E-state index in [2.05, 4.69) is 11.9 Å². The van der Waals surface area contributed by atoms with Crippen molar-refractivity contribution in [2.75, 3.05) is 39.0 Å². The van der Waals surface area contributed by atoms with Crippen molar-refractivity contribution in [3.05, 3.63) is 28.8 Å². The molecular weight excluding hydrogens is 250 g/mol. The maximum absolute atomic E-state index is 12.4. The first-order valence-corrected chi connectivity index (χ1v) is 6.49. The van der Waals surface area contributed by atoms with E-state index in [4.69, 9.17) is 17.3 Å². The van der Waals surface area contributed by atoms with Crippen LogP contribution in [0.3, 0.4) is 0 Å². The van der Waals surface area contributed by atoms with Crippen LogP contribution in [-0.4, -0.2) is 48.9 Å². The first kappa shape index (κ1) is 13.2. The molecule has 0 aliphatic carbocycles. The second kappa shape index (κ2) is 5.59. The molecule has 0 unspecified atom stereocenters. The molecule has 4 nitrogen and oxygen atoms in total. The van der Waals surface area contributed by atoms with Gasteiger partial charge in [0.2, 0.25) is 0 Å². The lowest BCUT2D eigenvalue weighted by Gasteiger charge is -2.21. The second-order valence-electron chi connectivity index (χ2n) is 4.65. The molecule has 0 saturated carbocycles. The van der Waals surface area contributed by atoms with Crippen molar-refractivity contribution in [1.29, 1.82) is 0 Å². The number of hydrogen-bond acceptors (Lipinski definition) is 3. The number of benzene rings is 1. The SMILES string of the molecule is CN1CCCN(C(=O)c2cccc(Cl)c2N)CC1. The number of amides is 1. The Hall–Kier alpha value is -1.26. The minimum Gasteiger partial charge on any atom is -0.397 e. The number of nitrogens with zero attached hydrogens (tertiary/aromatic N) is 2. The molecule has 1 fully saturated rings. The highest BCUT2D eigenvalue weighted by Crippen LogP contribution is 2.23. The maximum atomic E-state index is 12.4. The predicted octanol–water partition coefficient (Wildman–Crippen LogP) is 1.70. The van der Waals surface area contributed by atoms with Gasteiger partial charge in [-0.1, -0.05) is 17.7 Å². The van der Waals surface area contributed by atoms with Crippen molar-refractivity contribution in [3.63, 3.8) is 0 Å². The lowest BCUT2D eigenvalue weighted by molar-refractivity contribution is 0.0764. The van der Waals surface area contributed by atoms with E-state index in [0.29, 0.717) is 16.3 Å². The number of anilines is 1. The minimum absolute atomic E-state index is 0.0229. The Bertz CT molecular complexity index is 450. The van der Waals surface area contributed by atoms with Gasteiger partial charge in [-0.3, -0.25) is 4.79 Å². The van der Waals surface area contributed by atoms with Gasteiger partial charge >= 0.3 is 0 Å². The number of para-hydroxylation sites is 1. The van der Waals surface area contributed by atoms with E-state index in [-0.39, 0.29) is 5.91 Å². The van der Waals surface area contributed by atoms with E-state index in [0.717, 1.165) is 32.6 Å². The summed E-state index contributed by atoms with van der Waals surface area (Å²) in [6.45, 7) is 3.43. The molecule has 2 N–H and O–H groups in total. The Morgan fingerprint density at radius 3 is 2.83 bits per heavy atom. The number of halogens is 1. The molecule has 0 aromatic heterocycles. The van der Waals surface area contributed by atoms with Gasteiger partial charge in [0.15, 0.2) is 0 Å². The van der Waals surface area contributed by atoms with Gasteiger partial charge in [-0.25, -0.2) is 0 Å². The van der Waals surface area contributed by atoms with Gasteiger partial charge in [0.05, 0.1) is 16.3 Å². The van der Waals surface area contributed by atoms with Crippen molar-refractivity contribution in [1.82, 2.24) is 9.80 Å². The Kier molecular flexibility index (Phi) is 4.09. The van der Waals surface area contributed by atoms with Gasteiger partial charge in [0.25, 0.3) is 5.91 Å². The molecule has 1 saturated heterocycles. The zero-order valence-corrected chi connectivity index (χ0v) is 11.3. The molecule has 18 heavy (non-hydrogen) atoms. The maximum Gasteiger partial charge on any atom is 0.256 e. The van der Waals surface area contributed by atoms with E-state index in [1.807, 2.05) is 4.90 Å². The number of hydrogen-bond donors (Lipinski definition) is 1.